The van der Waals surface area contributed by atoms with Crippen LogP contribution in [0.15, 0.2) is 41.4 Å². The molecule has 34 heavy (non-hydrogen) atoms. The highest BCUT2D eigenvalue weighted by Crippen LogP contribution is 2.34. The molecule has 1 aromatic rings. The Balaban J connectivity index is 1.48. The highest BCUT2D eigenvalue weighted by Gasteiger charge is 2.43. The van der Waals surface area contributed by atoms with E-state index in [4.69, 9.17) is 0 Å². The molecular weight excluding hydrogens is 446 g/mol. The molecule has 1 unspecified atom stereocenters. The molecule has 1 saturated carbocycles. The number of piperazine rings is 1. The van der Waals surface area contributed by atoms with E-state index in [-0.39, 0.29) is 35.3 Å². The van der Waals surface area contributed by atoms with Crippen LogP contribution in [-0.2, 0) is 16.1 Å². The van der Waals surface area contributed by atoms with Crippen LogP contribution in [0.2, 0.25) is 0 Å². The second kappa shape index (κ2) is 10.1. The van der Waals surface area contributed by atoms with Crippen molar-refractivity contribution in [3.05, 3.63) is 58.6 Å². The normalized spacial score (nSPS) is 25.2. The lowest BCUT2D eigenvalue weighted by Crippen LogP contribution is -2.57. The standard InChI is InChI=1S/C24H30F2N4O4/c1-27-11-15-4-2-3-5-19(15)30-9-8-29-13-17(21(31)22(32)20(29)24(30)34)23(33)28-12-14-6-7-16(25)10-18(14)26/h6-7,10,13,15,19,21,27,31-32H,2-5,8-9,11-12H2,1H3,(H,28,33)/t15-,19-,21?/m0/s1. The van der Waals surface area contributed by atoms with Crippen molar-refractivity contribution in [2.75, 3.05) is 26.7 Å². The number of nitrogens with one attached hydrogen (secondary N) is 2. The first-order valence-corrected chi connectivity index (χ1v) is 11.6. The van der Waals surface area contributed by atoms with Crippen LogP contribution in [0.1, 0.15) is 31.2 Å². The van der Waals surface area contributed by atoms with Gasteiger partial charge in [0.2, 0.25) is 0 Å². The van der Waals surface area contributed by atoms with E-state index in [1.165, 1.54) is 17.2 Å². The minimum atomic E-state index is -1.69. The minimum absolute atomic E-state index is 0.0198. The van der Waals surface area contributed by atoms with E-state index in [2.05, 4.69) is 10.6 Å². The number of aliphatic hydroxyl groups excluding tert-OH is 2. The van der Waals surface area contributed by atoms with Gasteiger partial charge >= 0.3 is 0 Å². The van der Waals surface area contributed by atoms with Crippen molar-refractivity contribution in [2.24, 2.45) is 5.92 Å². The molecule has 3 atom stereocenters. The SMILES string of the molecule is CNC[C@@H]1CCCC[C@@H]1N1CCN2C=C(C(=O)NCc3ccc(F)cc3F)C(O)C(O)=C2C1=O. The maximum absolute atomic E-state index is 13.9. The van der Waals surface area contributed by atoms with Gasteiger partial charge in [-0.05, 0) is 38.4 Å². The summed E-state index contributed by atoms with van der Waals surface area (Å²) in [6.07, 6.45) is 3.73. The first-order chi connectivity index (χ1) is 16.3. The van der Waals surface area contributed by atoms with Gasteiger partial charge in [-0.2, -0.15) is 0 Å². The Morgan fingerprint density at radius 3 is 2.71 bits per heavy atom. The molecule has 2 amide bonds. The van der Waals surface area contributed by atoms with Crippen LogP contribution in [0.5, 0.6) is 0 Å². The summed E-state index contributed by atoms with van der Waals surface area (Å²) in [5.41, 5.74) is -0.0992. The molecular formula is C24H30F2N4O4. The van der Waals surface area contributed by atoms with Crippen LogP contribution >= 0.6 is 0 Å². The fourth-order valence-corrected chi connectivity index (χ4v) is 5.13. The van der Waals surface area contributed by atoms with Crippen LogP contribution in [0.3, 0.4) is 0 Å². The van der Waals surface area contributed by atoms with Gasteiger partial charge in [0.05, 0.1) is 5.57 Å². The van der Waals surface area contributed by atoms with Gasteiger partial charge < -0.3 is 30.6 Å². The van der Waals surface area contributed by atoms with Gasteiger partial charge in [0, 0.05) is 43.5 Å². The van der Waals surface area contributed by atoms with Crippen molar-refractivity contribution in [1.29, 1.82) is 0 Å². The smallest absolute Gasteiger partial charge is 0.274 e. The summed E-state index contributed by atoms with van der Waals surface area (Å²) < 4.78 is 26.9. The Hall–Kier alpha value is -2.98. The molecule has 4 N–H and O–H groups in total. The predicted octanol–water partition coefficient (Wildman–Crippen LogP) is 1.53. The van der Waals surface area contributed by atoms with Gasteiger partial charge in [0.1, 0.15) is 23.4 Å². The van der Waals surface area contributed by atoms with Crippen molar-refractivity contribution in [2.45, 2.75) is 44.4 Å². The van der Waals surface area contributed by atoms with Gasteiger partial charge in [-0.15, -0.1) is 0 Å². The topological polar surface area (TPSA) is 105 Å². The predicted molar refractivity (Wildman–Crippen MR) is 120 cm³/mol. The van der Waals surface area contributed by atoms with Crippen molar-refractivity contribution in [3.8, 4) is 0 Å². The van der Waals surface area contributed by atoms with E-state index in [0.29, 0.717) is 19.0 Å². The van der Waals surface area contributed by atoms with Crippen LogP contribution in [0.4, 0.5) is 8.78 Å². The number of carbonyl (C=O) groups excluding carboxylic acids is 2. The number of halogens is 2. The molecule has 0 spiro atoms. The highest BCUT2D eigenvalue weighted by atomic mass is 19.1. The zero-order chi connectivity index (χ0) is 24.4. The largest absolute Gasteiger partial charge is 0.507 e. The van der Waals surface area contributed by atoms with Gasteiger partial charge in [-0.25, -0.2) is 8.78 Å². The van der Waals surface area contributed by atoms with E-state index < -0.39 is 29.4 Å². The molecule has 0 aromatic heterocycles. The van der Waals surface area contributed by atoms with Crippen molar-refractivity contribution in [1.82, 2.24) is 20.4 Å². The molecule has 1 aliphatic carbocycles. The lowest BCUT2D eigenvalue weighted by atomic mass is 9.82. The monoisotopic (exact) mass is 476 g/mol. The molecule has 1 saturated heterocycles. The number of hydrogen-bond acceptors (Lipinski definition) is 6. The average molecular weight is 477 g/mol. The first kappa shape index (κ1) is 24.2. The first-order valence-electron chi connectivity index (χ1n) is 11.6. The molecule has 1 aromatic carbocycles. The average Bonchev–Trinajstić information content (AvgIpc) is 2.81. The molecule has 2 fully saturated rings. The lowest BCUT2D eigenvalue weighted by molar-refractivity contribution is -0.136. The summed E-state index contributed by atoms with van der Waals surface area (Å²) in [5.74, 6) is -2.87. The second-order valence-corrected chi connectivity index (χ2v) is 9.00. The Morgan fingerprint density at radius 2 is 1.97 bits per heavy atom. The van der Waals surface area contributed by atoms with E-state index in [1.54, 1.807) is 4.90 Å². The maximum Gasteiger partial charge on any atom is 0.274 e. The summed E-state index contributed by atoms with van der Waals surface area (Å²) in [7, 11) is 1.89. The van der Waals surface area contributed by atoms with Gasteiger partial charge in [-0.3, -0.25) is 9.59 Å². The number of benzene rings is 1. The Labute approximate surface area is 196 Å². The third-order valence-electron chi connectivity index (χ3n) is 6.88. The van der Waals surface area contributed by atoms with Gasteiger partial charge in [0.25, 0.3) is 11.8 Å². The summed E-state index contributed by atoms with van der Waals surface area (Å²) in [4.78, 5) is 29.3. The molecule has 10 heteroatoms. The molecule has 2 aliphatic heterocycles. The number of hydrogen-bond donors (Lipinski definition) is 4. The van der Waals surface area contributed by atoms with E-state index in [1.807, 2.05) is 7.05 Å². The van der Waals surface area contributed by atoms with Gasteiger partial charge in [0.15, 0.2) is 5.76 Å². The quantitative estimate of drug-likeness (QED) is 0.497. The molecule has 4 rings (SSSR count). The van der Waals surface area contributed by atoms with Crippen molar-refractivity contribution in [3.63, 3.8) is 0 Å². The van der Waals surface area contributed by atoms with Gasteiger partial charge in [-0.1, -0.05) is 18.9 Å². The third kappa shape index (κ3) is 4.65. The minimum Gasteiger partial charge on any atom is -0.507 e. The molecule has 3 aliphatic rings. The lowest BCUT2D eigenvalue weighted by Gasteiger charge is -2.46. The van der Waals surface area contributed by atoms with E-state index >= 15 is 0 Å². The summed E-state index contributed by atoms with van der Waals surface area (Å²) >= 11 is 0. The van der Waals surface area contributed by atoms with Crippen molar-refractivity contribution < 1.29 is 28.6 Å². The van der Waals surface area contributed by atoms with Crippen LogP contribution in [0, 0.1) is 17.6 Å². The molecule has 0 radical (unpaired) electrons. The molecule has 184 valence electrons. The number of amides is 2. The summed E-state index contributed by atoms with van der Waals surface area (Å²) in [5, 5.41) is 27.0. The molecule has 0 bridgehead atoms. The van der Waals surface area contributed by atoms with E-state index in [0.717, 1.165) is 44.4 Å². The number of carbonyl (C=O) groups is 2. The maximum atomic E-state index is 13.9. The zero-order valence-corrected chi connectivity index (χ0v) is 19.1. The highest BCUT2D eigenvalue weighted by molar-refractivity contribution is 5.99. The Kier molecular flexibility index (Phi) is 7.18. The number of fused-ring (bicyclic) bond motifs is 1. The number of aliphatic hydroxyl groups is 2. The molecule has 2 heterocycles. The van der Waals surface area contributed by atoms with Crippen molar-refractivity contribution >= 4 is 11.8 Å². The zero-order valence-electron chi connectivity index (χ0n) is 19.1. The van der Waals surface area contributed by atoms with Crippen LogP contribution < -0.4 is 10.6 Å². The third-order valence-corrected chi connectivity index (χ3v) is 6.88. The number of rotatable bonds is 6. The summed E-state index contributed by atoms with van der Waals surface area (Å²) in [6.45, 7) is 1.37. The fraction of sp³-hybridized carbons (Fsp3) is 0.500. The Bertz CT molecular complexity index is 1030. The second-order valence-electron chi connectivity index (χ2n) is 9.00. The fourth-order valence-electron chi connectivity index (χ4n) is 5.13. The number of nitrogens with zero attached hydrogens (tertiary/aromatic N) is 2. The van der Waals surface area contributed by atoms with E-state index in [9.17, 15) is 28.6 Å². The molecule has 8 nitrogen and oxygen atoms in total. The summed E-state index contributed by atoms with van der Waals surface area (Å²) in [6, 6.07) is 3.07. The Morgan fingerprint density at radius 1 is 1.21 bits per heavy atom. The van der Waals surface area contributed by atoms with Crippen LogP contribution in [0.25, 0.3) is 0 Å². The van der Waals surface area contributed by atoms with Crippen LogP contribution in [-0.4, -0.2) is 70.7 Å².